The van der Waals surface area contributed by atoms with Crippen molar-refractivity contribution in [1.82, 2.24) is 24.7 Å². The topological polar surface area (TPSA) is 58.4 Å². The highest BCUT2D eigenvalue weighted by molar-refractivity contribution is 5.44. The molecule has 0 fully saturated rings. The molecule has 0 radical (unpaired) electrons. The highest BCUT2D eigenvalue weighted by atomic mass is 15.4. The maximum atomic E-state index is 4.68. The Morgan fingerprint density at radius 2 is 1.85 bits per heavy atom. The lowest BCUT2D eigenvalue weighted by Crippen LogP contribution is -2.34. The molecule has 1 aliphatic rings. The second-order valence-corrected chi connectivity index (χ2v) is 7.98. The van der Waals surface area contributed by atoms with Gasteiger partial charge < -0.3 is 5.32 Å². The van der Waals surface area contributed by atoms with Crippen LogP contribution in [0.15, 0.2) is 36.4 Å². The van der Waals surface area contributed by atoms with E-state index in [1.807, 2.05) is 16.6 Å². The normalized spacial score (nSPS) is 15.2. The summed E-state index contributed by atoms with van der Waals surface area (Å²) in [7, 11) is 0. The van der Waals surface area contributed by atoms with Gasteiger partial charge in [0.1, 0.15) is 5.82 Å². The van der Waals surface area contributed by atoms with Crippen LogP contribution in [0, 0.1) is 0 Å². The number of nitrogens with zero attached hydrogens (tertiary/aromatic N) is 5. The van der Waals surface area contributed by atoms with Crippen molar-refractivity contribution in [3.05, 3.63) is 53.3 Å². The molecule has 26 heavy (non-hydrogen) atoms. The van der Waals surface area contributed by atoms with Gasteiger partial charge in [0.25, 0.3) is 0 Å². The number of fused-ring (bicyclic) bond motifs is 2. The molecule has 0 saturated carbocycles. The quantitative estimate of drug-likeness (QED) is 0.784. The van der Waals surface area contributed by atoms with E-state index in [1.54, 1.807) is 0 Å². The summed E-state index contributed by atoms with van der Waals surface area (Å²) < 4.78 is 1.85. The van der Waals surface area contributed by atoms with Gasteiger partial charge >= 0.3 is 0 Å². The predicted octanol–water partition coefficient (Wildman–Crippen LogP) is 2.89. The van der Waals surface area contributed by atoms with Crippen LogP contribution in [0.2, 0.25) is 0 Å². The Morgan fingerprint density at radius 1 is 1.04 bits per heavy atom. The van der Waals surface area contributed by atoms with Gasteiger partial charge in [-0.2, -0.15) is 4.52 Å². The number of hydrogen-bond acceptors (Lipinski definition) is 5. The molecule has 6 nitrogen and oxygen atoms in total. The van der Waals surface area contributed by atoms with Crippen molar-refractivity contribution < 1.29 is 0 Å². The Balaban J connectivity index is 1.39. The number of benzene rings is 1. The maximum absolute atomic E-state index is 4.68. The van der Waals surface area contributed by atoms with Crippen LogP contribution in [0.25, 0.3) is 5.65 Å². The molecular weight excluding hydrogens is 324 g/mol. The first-order chi connectivity index (χ1) is 12.5. The van der Waals surface area contributed by atoms with E-state index in [-0.39, 0.29) is 5.41 Å². The lowest BCUT2D eigenvalue weighted by atomic mass is 9.96. The monoisotopic (exact) mass is 350 g/mol. The smallest absolute Gasteiger partial charge is 0.178 e. The first kappa shape index (κ1) is 17.0. The lowest BCUT2D eigenvalue weighted by molar-refractivity contribution is 0.264. The Kier molecular flexibility index (Phi) is 4.36. The Bertz CT molecular complexity index is 908. The van der Waals surface area contributed by atoms with Crippen LogP contribution in [0.4, 0.5) is 5.82 Å². The third-order valence-electron chi connectivity index (χ3n) is 4.88. The van der Waals surface area contributed by atoms with Gasteiger partial charge in [-0.15, -0.1) is 15.3 Å². The third kappa shape index (κ3) is 3.42. The minimum absolute atomic E-state index is 0.0910. The predicted molar refractivity (Wildman–Crippen MR) is 103 cm³/mol. The van der Waals surface area contributed by atoms with Crippen LogP contribution in [-0.4, -0.2) is 44.3 Å². The van der Waals surface area contributed by atoms with Gasteiger partial charge in [-0.3, -0.25) is 4.90 Å². The van der Waals surface area contributed by atoms with E-state index >= 15 is 0 Å². The van der Waals surface area contributed by atoms with Gasteiger partial charge in [0.2, 0.25) is 0 Å². The largest absolute Gasteiger partial charge is 0.367 e. The average Bonchev–Trinajstić information content (AvgIpc) is 3.05. The number of anilines is 1. The number of aromatic nitrogens is 4. The van der Waals surface area contributed by atoms with Gasteiger partial charge in [-0.25, -0.2) is 0 Å². The molecule has 6 heteroatoms. The van der Waals surface area contributed by atoms with Crippen molar-refractivity contribution >= 4 is 11.5 Å². The van der Waals surface area contributed by atoms with E-state index in [2.05, 4.69) is 70.5 Å². The molecule has 4 rings (SSSR count). The molecule has 3 heterocycles. The van der Waals surface area contributed by atoms with E-state index in [0.717, 1.165) is 49.9 Å². The van der Waals surface area contributed by atoms with Gasteiger partial charge in [0.15, 0.2) is 11.5 Å². The highest BCUT2D eigenvalue weighted by Gasteiger charge is 2.22. The van der Waals surface area contributed by atoms with Crippen LogP contribution in [0.1, 0.15) is 37.7 Å². The lowest BCUT2D eigenvalue weighted by Gasteiger charge is -2.28. The zero-order chi connectivity index (χ0) is 18.1. The highest BCUT2D eigenvalue weighted by Crippen LogP contribution is 2.21. The molecule has 0 amide bonds. The number of nitrogens with one attached hydrogen (secondary N) is 1. The Labute approximate surface area is 154 Å². The van der Waals surface area contributed by atoms with Crippen molar-refractivity contribution in [2.45, 2.75) is 39.2 Å². The van der Waals surface area contributed by atoms with Crippen molar-refractivity contribution in [1.29, 1.82) is 0 Å². The summed E-state index contributed by atoms with van der Waals surface area (Å²) in [6.07, 6.45) is 1.13. The summed E-state index contributed by atoms with van der Waals surface area (Å²) in [6, 6.07) is 12.7. The Morgan fingerprint density at radius 3 is 2.65 bits per heavy atom. The van der Waals surface area contributed by atoms with Crippen LogP contribution in [0.3, 0.4) is 0 Å². The van der Waals surface area contributed by atoms with Crippen molar-refractivity contribution in [3.8, 4) is 0 Å². The minimum atomic E-state index is -0.0910. The average molecular weight is 350 g/mol. The molecule has 0 spiro atoms. The molecule has 0 aliphatic carbocycles. The van der Waals surface area contributed by atoms with E-state index in [9.17, 15) is 0 Å². The summed E-state index contributed by atoms with van der Waals surface area (Å²) in [4.78, 5) is 2.49. The van der Waals surface area contributed by atoms with Crippen molar-refractivity contribution in [2.24, 2.45) is 0 Å². The number of rotatable bonds is 4. The zero-order valence-corrected chi connectivity index (χ0v) is 15.7. The molecule has 0 unspecified atom stereocenters. The van der Waals surface area contributed by atoms with Gasteiger partial charge in [-0.1, -0.05) is 45.0 Å². The summed E-state index contributed by atoms with van der Waals surface area (Å²) >= 11 is 0. The van der Waals surface area contributed by atoms with Gasteiger partial charge in [0, 0.05) is 31.6 Å². The first-order valence-electron chi connectivity index (χ1n) is 9.27. The fraction of sp³-hybridized carbons (Fsp3) is 0.450. The van der Waals surface area contributed by atoms with Gasteiger partial charge in [-0.05, 0) is 29.7 Å². The second kappa shape index (κ2) is 6.68. The minimum Gasteiger partial charge on any atom is -0.367 e. The molecular formula is C20H26N6. The third-order valence-corrected chi connectivity index (χ3v) is 4.88. The van der Waals surface area contributed by atoms with E-state index in [4.69, 9.17) is 0 Å². The van der Waals surface area contributed by atoms with E-state index in [0.29, 0.717) is 0 Å². The van der Waals surface area contributed by atoms with Crippen LogP contribution in [0.5, 0.6) is 0 Å². The second-order valence-electron chi connectivity index (χ2n) is 7.98. The molecule has 1 aliphatic heterocycles. The molecule has 0 atom stereocenters. The number of hydrogen-bond donors (Lipinski definition) is 1. The summed E-state index contributed by atoms with van der Waals surface area (Å²) in [5, 5.41) is 16.6. The zero-order valence-electron chi connectivity index (χ0n) is 15.7. The maximum Gasteiger partial charge on any atom is 0.178 e. The molecule has 3 aromatic rings. The molecule has 1 N–H and O–H groups in total. The molecule has 2 aromatic heterocycles. The van der Waals surface area contributed by atoms with Crippen LogP contribution < -0.4 is 5.32 Å². The molecule has 0 bridgehead atoms. The van der Waals surface area contributed by atoms with Gasteiger partial charge in [0.05, 0.1) is 0 Å². The van der Waals surface area contributed by atoms with Crippen molar-refractivity contribution in [3.63, 3.8) is 0 Å². The standard InChI is InChI=1S/C20H26N6/c1-20(2,3)19-23-22-18-9-8-17(24-26(18)19)21-11-13-25-12-10-15-6-4-5-7-16(15)14-25/h4-9H,10-14H2,1-3H3,(H,21,24). The van der Waals surface area contributed by atoms with Crippen LogP contribution in [-0.2, 0) is 18.4 Å². The van der Waals surface area contributed by atoms with E-state index < -0.39 is 0 Å². The van der Waals surface area contributed by atoms with E-state index in [1.165, 1.54) is 11.1 Å². The molecule has 136 valence electrons. The Hall–Kier alpha value is -2.47. The summed E-state index contributed by atoms with van der Waals surface area (Å²) in [5.41, 5.74) is 3.64. The summed E-state index contributed by atoms with van der Waals surface area (Å²) in [5.74, 6) is 1.74. The fourth-order valence-electron chi connectivity index (χ4n) is 3.44. The molecule has 0 saturated heterocycles. The SMILES string of the molecule is CC(C)(C)c1nnc2ccc(NCCN3CCc4ccccc4C3)nn12. The molecule has 1 aromatic carbocycles. The summed E-state index contributed by atoms with van der Waals surface area (Å²) in [6.45, 7) is 10.4. The first-order valence-corrected chi connectivity index (χ1v) is 9.27. The fourth-order valence-corrected chi connectivity index (χ4v) is 3.44. The van der Waals surface area contributed by atoms with Crippen molar-refractivity contribution in [2.75, 3.05) is 25.0 Å². The van der Waals surface area contributed by atoms with Crippen LogP contribution >= 0.6 is 0 Å².